The Bertz CT molecular complexity index is 1110. The van der Waals surface area contributed by atoms with E-state index in [1.165, 1.54) is 16.8 Å². The van der Waals surface area contributed by atoms with Crippen molar-refractivity contribution in [2.24, 2.45) is 0 Å². The zero-order valence-electron chi connectivity index (χ0n) is 14.8. The van der Waals surface area contributed by atoms with Gasteiger partial charge < -0.3 is 5.32 Å². The Hall–Kier alpha value is -3.03. The number of carbonyl (C=O) groups excluding carboxylic acids is 1. The number of rotatable bonds is 4. The second kappa shape index (κ2) is 8.14. The molecule has 5 nitrogen and oxygen atoms in total. The molecule has 0 aliphatic carbocycles. The van der Waals surface area contributed by atoms with Crippen LogP contribution in [-0.4, -0.2) is 20.7 Å². The summed E-state index contributed by atoms with van der Waals surface area (Å²) in [7, 11) is 0. The second-order valence-electron chi connectivity index (χ2n) is 6.12. The zero-order chi connectivity index (χ0) is 20.4. The van der Waals surface area contributed by atoms with Gasteiger partial charge in [0, 0.05) is 20.7 Å². The van der Waals surface area contributed by atoms with Crippen molar-refractivity contribution in [1.82, 2.24) is 14.8 Å². The van der Waals surface area contributed by atoms with Crippen molar-refractivity contribution in [2.75, 3.05) is 5.32 Å². The number of nitrogens with zero attached hydrogens (tertiary/aromatic N) is 3. The zero-order valence-corrected chi connectivity index (χ0v) is 17.2. The summed E-state index contributed by atoms with van der Waals surface area (Å²) in [5, 5.41) is 7.59. The van der Waals surface area contributed by atoms with E-state index in [1.54, 1.807) is 36.4 Å². The molecule has 1 aromatic heterocycles. The van der Waals surface area contributed by atoms with Gasteiger partial charge in [0.2, 0.25) is 5.82 Å². The van der Waals surface area contributed by atoms with Crippen LogP contribution >= 0.6 is 27.5 Å². The standard InChI is InChI=1S/C21H13BrClFN4O/c22-14-6-4-13(5-7-14)20-26-19(21(29)25-17-3-1-2-15(23)12-17)27-28(20)18-10-8-16(24)9-11-18/h1-12H,(H,25,29). The van der Waals surface area contributed by atoms with Gasteiger partial charge in [0.05, 0.1) is 5.69 Å². The fraction of sp³-hybridized carbons (Fsp3) is 0. The van der Waals surface area contributed by atoms with Gasteiger partial charge in [-0.2, -0.15) is 0 Å². The monoisotopic (exact) mass is 470 g/mol. The van der Waals surface area contributed by atoms with Crippen LogP contribution in [0.3, 0.4) is 0 Å². The Labute approximate surface area is 179 Å². The van der Waals surface area contributed by atoms with E-state index in [0.717, 1.165) is 10.0 Å². The molecule has 0 aliphatic rings. The SMILES string of the molecule is O=C(Nc1cccc(Cl)c1)c1nc(-c2ccc(Br)cc2)n(-c2ccc(F)cc2)n1. The minimum atomic E-state index is -0.480. The van der Waals surface area contributed by atoms with Crippen LogP contribution in [0.5, 0.6) is 0 Å². The summed E-state index contributed by atoms with van der Waals surface area (Å²) in [5.74, 6) is -0.406. The van der Waals surface area contributed by atoms with Gasteiger partial charge in [-0.15, -0.1) is 5.10 Å². The van der Waals surface area contributed by atoms with Crippen LogP contribution in [0, 0.1) is 5.82 Å². The Morgan fingerprint density at radius 2 is 1.76 bits per heavy atom. The third-order valence-corrected chi connectivity index (χ3v) is 4.83. The smallest absolute Gasteiger partial charge is 0.295 e. The van der Waals surface area contributed by atoms with E-state index in [2.05, 4.69) is 31.3 Å². The van der Waals surface area contributed by atoms with Crippen LogP contribution in [0.25, 0.3) is 17.1 Å². The normalized spacial score (nSPS) is 10.7. The molecular weight excluding hydrogens is 459 g/mol. The summed E-state index contributed by atoms with van der Waals surface area (Å²) in [6.45, 7) is 0. The average molecular weight is 472 g/mol. The first-order chi connectivity index (χ1) is 14.0. The lowest BCUT2D eigenvalue weighted by atomic mass is 10.2. The van der Waals surface area contributed by atoms with Crippen molar-refractivity contribution in [3.05, 3.63) is 93.9 Å². The largest absolute Gasteiger partial charge is 0.319 e. The summed E-state index contributed by atoms with van der Waals surface area (Å²) in [6.07, 6.45) is 0. The first kappa shape index (κ1) is 19.3. The highest BCUT2D eigenvalue weighted by atomic mass is 79.9. The number of hydrogen-bond acceptors (Lipinski definition) is 3. The molecule has 1 amide bonds. The summed E-state index contributed by atoms with van der Waals surface area (Å²) in [5.41, 5.74) is 1.87. The van der Waals surface area contributed by atoms with Crippen LogP contribution in [0.1, 0.15) is 10.6 Å². The molecule has 0 radical (unpaired) electrons. The molecule has 0 fully saturated rings. The van der Waals surface area contributed by atoms with Crippen molar-refractivity contribution in [1.29, 1.82) is 0 Å². The predicted octanol–water partition coefficient (Wildman–Crippen LogP) is 5.74. The maximum atomic E-state index is 13.4. The molecule has 4 aromatic rings. The molecule has 0 unspecified atom stereocenters. The first-order valence-electron chi connectivity index (χ1n) is 8.55. The molecule has 144 valence electrons. The van der Waals surface area contributed by atoms with Crippen LogP contribution in [-0.2, 0) is 0 Å². The maximum Gasteiger partial charge on any atom is 0.295 e. The average Bonchev–Trinajstić information content (AvgIpc) is 3.15. The van der Waals surface area contributed by atoms with E-state index >= 15 is 0 Å². The Morgan fingerprint density at radius 1 is 1.03 bits per heavy atom. The van der Waals surface area contributed by atoms with E-state index in [0.29, 0.717) is 22.2 Å². The van der Waals surface area contributed by atoms with Gasteiger partial charge in [-0.3, -0.25) is 4.79 Å². The summed E-state index contributed by atoms with van der Waals surface area (Å²) in [4.78, 5) is 17.1. The van der Waals surface area contributed by atoms with Gasteiger partial charge in [-0.1, -0.05) is 45.7 Å². The van der Waals surface area contributed by atoms with Crippen molar-refractivity contribution in [3.63, 3.8) is 0 Å². The maximum absolute atomic E-state index is 13.4. The lowest BCUT2D eigenvalue weighted by Crippen LogP contribution is -2.14. The highest BCUT2D eigenvalue weighted by Gasteiger charge is 2.19. The minimum Gasteiger partial charge on any atom is -0.319 e. The number of carbonyl (C=O) groups is 1. The lowest BCUT2D eigenvalue weighted by molar-refractivity contribution is 0.101. The number of nitrogens with one attached hydrogen (secondary N) is 1. The Morgan fingerprint density at radius 3 is 2.45 bits per heavy atom. The number of aromatic nitrogens is 3. The summed E-state index contributed by atoms with van der Waals surface area (Å²) >= 11 is 9.37. The van der Waals surface area contributed by atoms with Gasteiger partial charge in [0.25, 0.3) is 5.91 Å². The molecule has 3 aromatic carbocycles. The van der Waals surface area contributed by atoms with Crippen molar-refractivity contribution >= 4 is 39.1 Å². The molecule has 4 rings (SSSR count). The van der Waals surface area contributed by atoms with Gasteiger partial charge in [-0.05, 0) is 54.6 Å². The molecule has 1 heterocycles. The highest BCUT2D eigenvalue weighted by Crippen LogP contribution is 2.24. The van der Waals surface area contributed by atoms with Gasteiger partial charge in [-0.25, -0.2) is 14.1 Å². The molecule has 0 spiro atoms. The van der Waals surface area contributed by atoms with E-state index in [4.69, 9.17) is 11.6 Å². The Balaban J connectivity index is 1.75. The number of halogens is 3. The molecule has 0 saturated carbocycles. The highest BCUT2D eigenvalue weighted by molar-refractivity contribution is 9.10. The second-order valence-corrected chi connectivity index (χ2v) is 7.47. The van der Waals surface area contributed by atoms with Gasteiger partial charge >= 0.3 is 0 Å². The Kier molecular flexibility index (Phi) is 5.42. The van der Waals surface area contributed by atoms with Crippen LogP contribution in [0.2, 0.25) is 5.02 Å². The van der Waals surface area contributed by atoms with E-state index in [9.17, 15) is 9.18 Å². The molecule has 0 atom stereocenters. The molecule has 1 N–H and O–H groups in total. The van der Waals surface area contributed by atoms with Gasteiger partial charge in [0.15, 0.2) is 5.82 Å². The van der Waals surface area contributed by atoms with Crippen LogP contribution in [0.15, 0.2) is 77.3 Å². The van der Waals surface area contributed by atoms with Crippen LogP contribution in [0.4, 0.5) is 10.1 Å². The third kappa shape index (κ3) is 4.36. The summed E-state index contributed by atoms with van der Waals surface area (Å²) < 4.78 is 15.8. The van der Waals surface area contributed by atoms with Crippen LogP contribution < -0.4 is 5.32 Å². The number of amides is 1. The fourth-order valence-corrected chi connectivity index (χ4v) is 3.16. The molecule has 0 bridgehead atoms. The molecule has 0 aliphatic heterocycles. The molecule has 29 heavy (non-hydrogen) atoms. The number of benzene rings is 3. The third-order valence-electron chi connectivity index (χ3n) is 4.07. The lowest BCUT2D eigenvalue weighted by Gasteiger charge is -2.06. The molecular formula is C21H13BrClFN4O. The quantitative estimate of drug-likeness (QED) is 0.413. The molecule has 0 saturated heterocycles. The topological polar surface area (TPSA) is 59.8 Å². The number of anilines is 1. The van der Waals surface area contributed by atoms with Gasteiger partial charge in [0.1, 0.15) is 5.82 Å². The number of hydrogen-bond donors (Lipinski definition) is 1. The van der Waals surface area contributed by atoms with E-state index < -0.39 is 5.91 Å². The van der Waals surface area contributed by atoms with Crippen molar-refractivity contribution < 1.29 is 9.18 Å². The minimum absolute atomic E-state index is 0.0211. The first-order valence-corrected chi connectivity index (χ1v) is 9.72. The van der Waals surface area contributed by atoms with Crippen molar-refractivity contribution in [2.45, 2.75) is 0 Å². The fourth-order valence-electron chi connectivity index (χ4n) is 2.71. The van der Waals surface area contributed by atoms with E-state index in [-0.39, 0.29) is 11.6 Å². The van der Waals surface area contributed by atoms with E-state index in [1.807, 2.05) is 24.3 Å². The predicted molar refractivity (Wildman–Crippen MR) is 114 cm³/mol. The molecule has 8 heteroatoms. The van der Waals surface area contributed by atoms with Crippen molar-refractivity contribution in [3.8, 4) is 17.1 Å². The summed E-state index contributed by atoms with van der Waals surface area (Å²) in [6, 6.07) is 20.0.